The van der Waals surface area contributed by atoms with Crippen molar-refractivity contribution < 1.29 is 14.3 Å². The van der Waals surface area contributed by atoms with E-state index in [1.54, 1.807) is 0 Å². The average Bonchev–Trinajstić information content (AvgIpc) is 3.29. The summed E-state index contributed by atoms with van der Waals surface area (Å²) < 4.78 is 12.1. The van der Waals surface area contributed by atoms with Crippen molar-refractivity contribution in [2.45, 2.75) is 38.3 Å². The number of morpholine rings is 1. The Balaban J connectivity index is 1.21. The first kappa shape index (κ1) is 23.3. The molecule has 0 aliphatic carbocycles. The van der Waals surface area contributed by atoms with Gasteiger partial charge in [0, 0.05) is 63.1 Å². The molecule has 190 valence electrons. The smallest absolute Gasteiger partial charge is 0.246 e. The molecule has 1 aromatic heterocycles. The monoisotopic (exact) mass is 489 g/mol. The second kappa shape index (κ2) is 9.41. The van der Waals surface area contributed by atoms with Crippen LogP contribution < -0.4 is 15.0 Å². The largest absolute Gasteiger partial charge is 0.483 e. The van der Waals surface area contributed by atoms with Gasteiger partial charge in [0.15, 0.2) is 0 Å². The summed E-state index contributed by atoms with van der Waals surface area (Å²) in [7, 11) is 0. The number of rotatable bonds is 4. The van der Waals surface area contributed by atoms with Crippen LogP contribution in [0.2, 0.25) is 0 Å². The zero-order valence-electron chi connectivity index (χ0n) is 21.2. The minimum Gasteiger partial charge on any atom is -0.483 e. The van der Waals surface area contributed by atoms with Crippen LogP contribution in [0.15, 0.2) is 37.1 Å². The second-order valence-corrected chi connectivity index (χ2v) is 10.4. The molecule has 1 amide bonds. The number of fused-ring (bicyclic) bond motifs is 2. The summed E-state index contributed by atoms with van der Waals surface area (Å²) in [6, 6.07) is 7.07. The van der Waals surface area contributed by atoms with Gasteiger partial charge in [0.25, 0.3) is 0 Å². The number of pyridine rings is 1. The van der Waals surface area contributed by atoms with Gasteiger partial charge in [0.2, 0.25) is 5.91 Å². The molecule has 1 N–H and O–H groups in total. The predicted molar refractivity (Wildman–Crippen MR) is 140 cm³/mol. The number of carbonyl (C=O) groups excluding carboxylic acids is 1. The van der Waals surface area contributed by atoms with E-state index >= 15 is 0 Å². The molecule has 0 spiro atoms. The number of nitrogens with one attached hydrogen (secondary N) is 1. The molecule has 4 aliphatic rings. The molecule has 2 atom stereocenters. The minimum absolute atomic E-state index is 0.0434. The summed E-state index contributed by atoms with van der Waals surface area (Å²) in [5, 5.41) is 3.63. The van der Waals surface area contributed by atoms with Crippen LogP contribution in [0.25, 0.3) is 0 Å². The van der Waals surface area contributed by atoms with Crippen LogP contribution in [0.1, 0.15) is 42.1 Å². The van der Waals surface area contributed by atoms with Gasteiger partial charge in [-0.25, -0.2) is 4.98 Å². The Bertz CT molecular complexity index is 1170. The zero-order valence-corrected chi connectivity index (χ0v) is 21.2. The normalized spacial score (nSPS) is 24.2. The fourth-order valence-corrected chi connectivity index (χ4v) is 6.08. The van der Waals surface area contributed by atoms with Crippen LogP contribution in [0.4, 0.5) is 17.2 Å². The van der Waals surface area contributed by atoms with Crippen molar-refractivity contribution in [3.63, 3.8) is 0 Å². The zero-order chi connectivity index (χ0) is 24.8. The van der Waals surface area contributed by atoms with Gasteiger partial charge in [0.05, 0.1) is 24.5 Å². The van der Waals surface area contributed by atoms with Gasteiger partial charge in [-0.1, -0.05) is 12.6 Å². The van der Waals surface area contributed by atoms with E-state index in [1.165, 1.54) is 17.3 Å². The molecule has 1 aromatic carbocycles. The molecule has 3 saturated heterocycles. The third-order valence-electron chi connectivity index (χ3n) is 8.12. The van der Waals surface area contributed by atoms with Crippen molar-refractivity contribution in [2.75, 3.05) is 62.7 Å². The van der Waals surface area contributed by atoms with E-state index in [-0.39, 0.29) is 12.0 Å². The molecule has 3 fully saturated rings. The van der Waals surface area contributed by atoms with E-state index in [0.717, 1.165) is 87.3 Å². The lowest BCUT2D eigenvalue weighted by Crippen LogP contribution is -2.51. The number of benzene rings is 1. The molecule has 8 heteroatoms. The molecule has 2 aromatic rings. The number of ether oxygens (including phenoxy) is 2. The SMILES string of the molecule is C=CC(=O)N1CC[C@@H](N2CC(c3cc(C)c4c(c3)Nc3nccc(N5CCOCC5)c3[C@@H](C)O4)C2)C1. The van der Waals surface area contributed by atoms with Crippen molar-refractivity contribution in [3.05, 3.63) is 53.7 Å². The summed E-state index contributed by atoms with van der Waals surface area (Å²) >= 11 is 0. The van der Waals surface area contributed by atoms with E-state index in [1.807, 2.05) is 11.1 Å². The Labute approximate surface area is 212 Å². The lowest BCUT2D eigenvalue weighted by Gasteiger charge is -2.43. The van der Waals surface area contributed by atoms with Crippen LogP contribution in [0, 0.1) is 6.92 Å². The number of hydrogen-bond donors (Lipinski definition) is 1. The maximum Gasteiger partial charge on any atom is 0.246 e. The van der Waals surface area contributed by atoms with Crippen molar-refractivity contribution in [3.8, 4) is 5.75 Å². The number of nitrogens with zero attached hydrogens (tertiary/aromatic N) is 4. The fourth-order valence-electron chi connectivity index (χ4n) is 6.08. The minimum atomic E-state index is -0.118. The summed E-state index contributed by atoms with van der Waals surface area (Å²) in [6.45, 7) is 14.8. The maximum atomic E-state index is 12.0. The molecule has 4 aliphatic heterocycles. The third-order valence-corrected chi connectivity index (χ3v) is 8.12. The van der Waals surface area contributed by atoms with Crippen LogP contribution in [0.3, 0.4) is 0 Å². The highest BCUT2D eigenvalue weighted by Gasteiger charge is 2.38. The Morgan fingerprint density at radius 2 is 2.00 bits per heavy atom. The van der Waals surface area contributed by atoms with Crippen molar-refractivity contribution in [1.29, 1.82) is 0 Å². The van der Waals surface area contributed by atoms with Crippen molar-refractivity contribution >= 4 is 23.1 Å². The summed E-state index contributed by atoms with van der Waals surface area (Å²) in [4.78, 5) is 23.5. The lowest BCUT2D eigenvalue weighted by molar-refractivity contribution is -0.125. The average molecular weight is 490 g/mol. The molecular weight excluding hydrogens is 454 g/mol. The number of aromatic nitrogens is 1. The van der Waals surface area contributed by atoms with Crippen LogP contribution in [0.5, 0.6) is 5.75 Å². The first-order valence-electron chi connectivity index (χ1n) is 13.1. The Kier molecular flexibility index (Phi) is 6.09. The molecule has 6 rings (SSSR count). The molecular formula is C28H35N5O3. The number of aryl methyl sites for hydroxylation is 1. The van der Waals surface area contributed by atoms with Gasteiger partial charge in [-0.15, -0.1) is 0 Å². The highest BCUT2D eigenvalue weighted by atomic mass is 16.5. The van der Waals surface area contributed by atoms with E-state index < -0.39 is 0 Å². The molecule has 0 bridgehead atoms. The number of amides is 1. The number of carbonyl (C=O) groups is 1. The first-order valence-corrected chi connectivity index (χ1v) is 13.1. The second-order valence-electron chi connectivity index (χ2n) is 10.4. The fraction of sp³-hybridized carbons (Fsp3) is 0.500. The van der Waals surface area contributed by atoms with Crippen molar-refractivity contribution in [1.82, 2.24) is 14.8 Å². The molecule has 36 heavy (non-hydrogen) atoms. The quantitative estimate of drug-likeness (QED) is 0.658. The Morgan fingerprint density at radius 3 is 2.78 bits per heavy atom. The van der Waals surface area contributed by atoms with Gasteiger partial charge in [0.1, 0.15) is 17.7 Å². The summed E-state index contributed by atoms with van der Waals surface area (Å²) in [5.74, 6) is 2.30. The van der Waals surface area contributed by atoms with Gasteiger partial charge in [-0.3, -0.25) is 9.69 Å². The molecule has 0 unspecified atom stereocenters. The summed E-state index contributed by atoms with van der Waals surface area (Å²) in [5.41, 5.74) is 5.74. The van der Waals surface area contributed by atoms with E-state index in [9.17, 15) is 4.79 Å². The highest BCUT2D eigenvalue weighted by molar-refractivity contribution is 5.87. The molecule has 0 saturated carbocycles. The van der Waals surface area contributed by atoms with Crippen molar-refractivity contribution in [2.24, 2.45) is 0 Å². The Morgan fingerprint density at radius 1 is 1.19 bits per heavy atom. The maximum absolute atomic E-state index is 12.0. The van der Waals surface area contributed by atoms with E-state index in [2.05, 4.69) is 53.7 Å². The van der Waals surface area contributed by atoms with Gasteiger partial charge in [-0.05, 0) is 49.6 Å². The van der Waals surface area contributed by atoms with E-state index in [0.29, 0.717) is 12.0 Å². The number of hydrogen-bond acceptors (Lipinski definition) is 7. The topological polar surface area (TPSA) is 70.2 Å². The summed E-state index contributed by atoms with van der Waals surface area (Å²) in [6.07, 6.45) is 4.23. The van der Waals surface area contributed by atoms with Gasteiger partial charge in [-0.2, -0.15) is 0 Å². The van der Waals surface area contributed by atoms with E-state index in [4.69, 9.17) is 14.5 Å². The molecule has 5 heterocycles. The number of anilines is 3. The third kappa shape index (κ3) is 4.12. The van der Waals surface area contributed by atoms with Gasteiger partial charge >= 0.3 is 0 Å². The lowest BCUT2D eigenvalue weighted by atomic mass is 9.88. The number of likely N-dealkylation sites (tertiary alicyclic amines) is 2. The Hall–Kier alpha value is -3.10. The van der Waals surface area contributed by atoms with Crippen LogP contribution >= 0.6 is 0 Å². The predicted octanol–water partition coefficient (Wildman–Crippen LogP) is 3.61. The highest BCUT2D eigenvalue weighted by Crippen LogP contribution is 2.45. The molecule has 0 radical (unpaired) electrons. The standard InChI is InChI=1S/C28H35N5O3/c1-4-25(34)32-8-6-22(17-32)33-15-21(16-33)20-13-18(2)27-23(14-20)30-28-26(19(3)36-27)24(5-7-29-28)31-9-11-35-12-10-31/h4-5,7,13-14,19,21-22H,1,6,8-12,15-17H2,2-3H3,(H,29,30)/t19-,22-/m1/s1. The first-order chi connectivity index (χ1) is 17.5. The van der Waals surface area contributed by atoms with Crippen LogP contribution in [-0.4, -0.2) is 79.2 Å². The van der Waals surface area contributed by atoms with Crippen LogP contribution in [-0.2, 0) is 9.53 Å². The van der Waals surface area contributed by atoms with Gasteiger partial charge < -0.3 is 24.6 Å². The molecule has 8 nitrogen and oxygen atoms in total.